The number of hydrogen-bond acceptors (Lipinski definition) is 3. The Labute approximate surface area is 112 Å². The van der Waals surface area contributed by atoms with Crippen LogP contribution >= 0.6 is 0 Å². The number of amides is 1. The van der Waals surface area contributed by atoms with Crippen molar-refractivity contribution in [2.75, 3.05) is 13.2 Å². The molecule has 0 atom stereocenters. The van der Waals surface area contributed by atoms with Gasteiger partial charge in [0.2, 0.25) is 0 Å². The quantitative estimate of drug-likeness (QED) is 0.913. The minimum absolute atomic E-state index is 0.0282. The predicted molar refractivity (Wildman–Crippen MR) is 75.0 cm³/mol. The highest BCUT2D eigenvalue weighted by Crippen LogP contribution is 2.18. The lowest BCUT2D eigenvalue weighted by Crippen LogP contribution is -2.39. The molecule has 0 spiro atoms. The molecule has 1 heterocycles. The van der Waals surface area contributed by atoms with Gasteiger partial charge in [-0.2, -0.15) is 0 Å². The summed E-state index contributed by atoms with van der Waals surface area (Å²) in [6.07, 6.45) is 1.65. The van der Waals surface area contributed by atoms with Gasteiger partial charge in [0.1, 0.15) is 5.69 Å². The number of benzene rings is 1. The Morgan fingerprint density at radius 2 is 2.05 bits per heavy atom. The zero-order valence-corrected chi connectivity index (χ0v) is 11.2. The fourth-order valence-electron chi connectivity index (χ4n) is 2.13. The highest BCUT2D eigenvalue weighted by Gasteiger charge is 2.21. The average Bonchev–Trinajstić information content (AvgIpc) is 2.43. The Morgan fingerprint density at radius 1 is 1.32 bits per heavy atom. The number of rotatable bonds is 4. The van der Waals surface area contributed by atoms with Crippen LogP contribution in [0.4, 0.5) is 0 Å². The molecule has 0 saturated carbocycles. The van der Waals surface area contributed by atoms with E-state index in [1.165, 1.54) is 0 Å². The molecular formula is C15H18N2O2. The zero-order valence-electron chi connectivity index (χ0n) is 11.2. The maximum atomic E-state index is 12.5. The van der Waals surface area contributed by atoms with Crippen LogP contribution in [0.25, 0.3) is 10.8 Å². The number of fused-ring (bicyclic) bond motifs is 1. The van der Waals surface area contributed by atoms with Gasteiger partial charge < -0.3 is 10.0 Å². The second kappa shape index (κ2) is 5.80. The van der Waals surface area contributed by atoms with E-state index in [0.29, 0.717) is 12.2 Å². The first-order valence-corrected chi connectivity index (χ1v) is 6.40. The second-order valence-electron chi connectivity index (χ2n) is 4.70. The molecule has 0 radical (unpaired) electrons. The van der Waals surface area contributed by atoms with E-state index in [-0.39, 0.29) is 18.6 Å². The molecule has 0 aliphatic rings. The molecule has 0 unspecified atom stereocenters. The maximum absolute atomic E-state index is 12.5. The highest BCUT2D eigenvalue weighted by molar-refractivity contribution is 6.05. The first-order chi connectivity index (χ1) is 9.15. The third kappa shape index (κ3) is 2.74. The van der Waals surface area contributed by atoms with Crippen molar-refractivity contribution < 1.29 is 9.90 Å². The molecule has 4 heteroatoms. The molecule has 2 rings (SSSR count). The van der Waals surface area contributed by atoms with Crippen LogP contribution in [0.3, 0.4) is 0 Å². The molecular weight excluding hydrogens is 240 g/mol. The first-order valence-electron chi connectivity index (χ1n) is 6.40. The van der Waals surface area contributed by atoms with E-state index < -0.39 is 0 Å². The molecule has 1 N–H and O–H groups in total. The SMILES string of the molecule is CC(C)N(CCO)C(=O)c1nccc2ccccc12. The summed E-state index contributed by atoms with van der Waals surface area (Å²) in [5, 5.41) is 10.9. The van der Waals surface area contributed by atoms with Gasteiger partial charge in [0.15, 0.2) is 0 Å². The predicted octanol–water partition coefficient (Wildman–Crippen LogP) is 2.08. The number of aliphatic hydroxyl groups excluding tert-OH is 1. The number of pyridine rings is 1. The van der Waals surface area contributed by atoms with Crippen molar-refractivity contribution in [2.45, 2.75) is 19.9 Å². The number of carbonyl (C=O) groups excluding carboxylic acids is 1. The van der Waals surface area contributed by atoms with Crippen molar-refractivity contribution in [3.8, 4) is 0 Å². The standard InChI is InChI=1S/C15H18N2O2/c1-11(2)17(9-10-18)15(19)14-13-6-4-3-5-12(13)7-8-16-14/h3-8,11,18H,9-10H2,1-2H3. The third-order valence-electron chi connectivity index (χ3n) is 3.10. The Morgan fingerprint density at radius 3 is 2.74 bits per heavy atom. The smallest absolute Gasteiger partial charge is 0.273 e. The van der Waals surface area contributed by atoms with Crippen molar-refractivity contribution in [2.24, 2.45) is 0 Å². The number of aromatic nitrogens is 1. The summed E-state index contributed by atoms with van der Waals surface area (Å²) >= 11 is 0. The van der Waals surface area contributed by atoms with Crippen molar-refractivity contribution in [1.29, 1.82) is 0 Å². The molecule has 100 valence electrons. The van der Waals surface area contributed by atoms with Crippen molar-refractivity contribution >= 4 is 16.7 Å². The van der Waals surface area contributed by atoms with Crippen LogP contribution in [0.5, 0.6) is 0 Å². The summed E-state index contributed by atoms with van der Waals surface area (Å²) in [5.41, 5.74) is 0.445. The zero-order chi connectivity index (χ0) is 13.8. The van der Waals surface area contributed by atoms with E-state index >= 15 is 0 Å². The Hall–Kier alpha value is -1.94. The van der Waals surface area contributed by atoms with Crippen LogP contribution in [0.15, 0.2) is 36.5 Å². The minimum atomic E-state index is -0.138. The van der Waals surface area contributed by atoms with Crippen molar-refractivity contribution in [1.82, 2.24) is 9.88 Å². The van der Waals surface area contributed by atoms with Gasteiger partial charge >= 0.3 is 0 Å². The number of aliphatic hydroxyl groups is 1. The summed E-state index contributed by atoms with van der Waals surface area (Å²) in [6, 6.07) is 9.60. The first kappa shape index (κ1) is 13.5. The van der Waals surface area contributed by atoms with Gasteiger partial charge in [-0.05, 0) is 25.3 Å². The van der Waals surface area contributed by atoms with Gasteiger partial charge in [-0.25, -0.2) is 0 Å². The molecule has 1 amide bonds. The Kier molecular flexibility index (Phi) is 4.12. The molecule has 0 aliphatic heterocycles. The minimum Gasteiger partial charge on any atom is -0.395 e. The van der Waals surface area contributed by atoms with E-state index in [4.69, 9.17) is 5.11 Å². The lowest BCUT2D eigenvalue weighted by atomic mass is 10.1. The largest absolute Gasteiger partial charge is 0.395 e. The van der Waals surface area contributed by atoms with Gasteiger partial charge in [-0.1, -0.05) is 24.3 Å². The lowest BCUT2D eigenvalue weighted by Gasteiger charge is -2.25. The molecule has 0 fully saturated rings. The van der Waals surface area contributed by atoms with Crippen LogP contribution in [0.1, 0.15) is 24.3 Å². The van der Waals surface area contributed by atoms with Crippen molar-refractivity contribution in [3.63, 3.8) is 0 Å². The van der Waals surface area contributed by atoms with Crippen LogP contribution in [-0.4, -0.2) is 40.1 Å². The topological polar surface area (TPSA) is 53.4 Å². The van der Waals surface area contributed by atoms with Gasteiger partial charge in [-0.3, -0.25) is 9.78 Å². The third-order valence-corrected chi connectivity index (χ3v) is 3.10. The summed E-state index contributed by atoms with van der Waals surface area (Å²) < 4.78 is 0. The van der Waals surface area contributed by atoms with Gasteiger partial charge in [0, 0.05) is 24.2 Å². The highest BCUT2D eigenvalue weighted by atomic mass is 16.3. The maximum Gasteiger partial charge on any atom is 0.273 e. The summed E-state index contributed by atoms with van der Waals surface area (Å²) in [4.78, 5) is 18.4. The van der Waals surface area contributed by atoms with Crippen LogP contribution in [0.2, 0.25) is 0 Å². The van der Waals surface area contributed by atoms with E-state index in [1.807, 2.05) is 44.2 Å². The van der Waals surface area contributed by atoms with Gasteiger partial charge in [0.05, 0.1) is 6.61 Å². The summed E-state index contributed by atoms with van der Waals surface area (Å²) in [6.45, 7) is 4.13. The monoisotopic (exact) mass is 258 g/mol. The van der Waals surface area contributed by atoms with E-state index in [2.05, 4.69) is 4.98 Å². The normalized spacial score (nSPS) is 10.9. The number of hydrogen-bond donors (Lipinski definition) is 1. The Bertz CT molecular complexity index is 576. The number of carbonyl (C=O) groups is 1. The fraction of sp³-hybridized carbons (Fsp3) is 0.333. The van der Waals surface area contributed by atoms with Crippen LogP contribution in [-0.2, 0) is 0 Å². The molecule has 2 aromatic rings. The van der Waals surface area contributed by atoms with Crippen LogP contribution in [0, 0.1) is 0 Å². The molecule has 19 heavy (non-hydrogen) atoms. The second-order valence-corrected chi connectivity index (χ2v) is 4.70. The average molecular weight is 258 g/mol. The van der Waals surface area contributed by atoms with Crippen molar-refractivity contribution in [3.05, 3.63) is 42.2 Å². The molecule has 1 aromatic carbocycles. The van der Waals surface area contributed by atoms with Gasteiger partial charge in [-0.15, -0.1) is 0 Å². The molecule has 0 saturated heterocycles. The number of nitrogens with zero attached hydrogens (tertiary/aromatic N) is 2. The van der Waals surface area contributed by atoms with E-state index in [1.54, 1.807) is 11.1 Å². The fourth-order valence-corrected chi connectivity index (χ4v) is 2.13. The summed E-state index contributed by atoms with van der Waals surface area (Å²) in [5.74, 6) is -0.138. The lowest BCUT2D eigenvalue weighted by molar-refractivity contribution is 0.0661. The molecule has 0 bridgehead atoms. The molecule has 4 nitrogen and oxygen atoms in total. The van der Waals surface area contributed by atoms with Gasteiger partial charge in [0.25, 0.3) is 5.91 Å². The molecule has 1 aromatic heterocycles. The molecule has 0 aliphatic carbocycles. The van der Waals surface area contributed by atoms with E-state index in [9.17, 15) is 4.79 Å². The van der Waals surface area contributed by atoms with E-state index in [0.717, 1.165) is 10.8 Å². The summed E-state index contributed by atoms with van der Waals surface area (Å²) in [7, 11) is 0. The van der Waals surface area contributed by atoms with Crippen LogP contribution < -0.4 is 0 Å². The Balaban J connectivity index is 2.45.